The van der Waals surface area contributed by atoms with Crippen molar-refractivity contribution in [2.75, 3.05) is 20.6 Å². The topological polar surface area (TPSA) is 3.24 Å². The molecule has 1 nitrogen and oxygen atoms in total. The van der Waals surface area contributed by atoms with E-state index < -0.39 is 6.17 Å². The van der Waals surface area contributed by atoms with Gasteiger partial charge in [-0.1, -0.05) is 37.3 Å². The van der Waals surface area contributed by atoms with Crippen molar-refractivity contribution in [1.29, 1.82) is 0 Å². The standard InChI is InChI=1S/C12H18FN/c1-10(9-14(2)3)12(13)11-7-5-4-6-8-11/h4-8,10,12H,9H2,1-3H3/t10-,12-/m0/s1. The zero-order valence-electron chi connectivity index (χ0n) is 9.07. The highest BCUT2D eigenvalue weighted by Gasteiger charge is 2.18. The van der Waals surface area contributed by atoms with E-state index in [4.69, 9.17) is 0 Å². The fourth-order valence-corrected chi connectivity index (χ4v) is 1.63. The fourth-order valence-electron chi connectivity index (χ4n) is 1.63. The van der Waals surface area contributed by atoms with E-state index in [2.05, 4.69) is 0 Å². The molecule has 2 atom stereocenters. The van der Waals surface area contributed by atoms with Crippen LogP contribution in [0.3, 0.4) is 0 Å². The van der Waals surface area contributed by atoms with Gasteiger partial charge in [0.1, 0.15) is 6.17 Å². The molecule has 0 radical (unpaired) electrons. The number of hydrogen-bond acceptors (Lipinski definition) is 1. The molecule has 78 valence electrons. The summed E-state index contributed by atoms with van der Waals surface area (Å²) in [5, 5.41) is 0. The lowest BCUT2D eigenvalue weighted by molar-refractivity contribution is 0.201. The van der Waals surface area contributed by atoms with Crippen LogP contribution >= 0.6 is 0 Å². The SMILES string of the molecule is C[C@@H](CN(C)C)[C@H](F)c1ccccc1. The van der Waals surface area contributed by atoms with E-state index in [1.807, 2.05) is 56.3 Å². The maximum Gasteiger partial charge on any atom is 0.129 e. The highest BCUT2D eigenvalue weighted by atomic mass is 19.1. The van der Waals surface area contributed by atoms with Crippen LogP contribution < -0.4 is 0 Å². The second kappa shape index (κ2) is 5.11. The van der Waals surface area contributed by atoms with Crippen molar-refractivity contribution in [3.63, 3.8) is 0 Å². The zero-order valence-corrected chi connectivity index (χ0v) is 9.07. The molecule has 14 heavy (non-hydrogen) atoms. The number of alkyl halides is 1. The summed E-state index contributed by atoms with van der Waals surface area (Å²) in [6.07, 6.45) is -0.862. The molecule has 2 heteroatoms. The van der Waals surface area contributed by atoms with Gasteiger partial charge in [0.2, 0.25) is 0 Å². The Kier molecular flexibility index (Phi) is 4.08. The third-order valence-corrected chi connectivity index (χ3v) is 2.27. The van der Waals surface area contributed by atoms with Crippen molar-refractivity contribution >= 4 is 0 Å². The molecule has 0 heterocycles. The van der Waals surface area contributed by atoms with Gasteiger partial charge in [0, 0.05) is 12.5 Å². The first-order valence-corrected chi connectivity index (χ1v) is 4.95. The molecular weight excluding hydrogens is 177 g/mol. The van der Waals surface area contributed by atoms with Crippen LogP contribution in [-0.2, 0) is 0 Å². The second-order valence-corrected chi connectivity index (χ2v) is 4.05. The summed E-state index contributed by atoms with van der Waals surface area (Å²) in [6, 6.07) is 9.36. The minimum atomic E-state index is -0.862. The fraction of sp³-hybridized carbons (Fsp3) is 0.500. The summed E-state index contributed by atoms with van der Waals surface area (Å²) >= 11 is 0. The molecule has 0 bridgehead atoms. The Labute approximate surface area is 85.5 Å². The maximum atomic E-state index is 13.9. The summed E-state index contributed by atoms with van der Waals surface area (Å²) in [5.74, 6) is 0.0346. The molecule has 0 aliphatic heterocycles. The quantitative estimate of drug-likeness (QED) is 0.714. The van der Waals surface area contributed by atoms with Crippen LogP contribution in [0.15, 0.2) is 30.3 Å². The third-order valence-electron chi connectivity index (χ3n) is 2.27. The van der Waals surface area contributed by atoms with E-state index in [0.29, 0.717) is 0 Å². The van der Waals surface area contributed by atoms with E-state index in [-0.39, 0.29) is 5.92 Å². The van der Waals surface area contributed by atoms with Gasteiger partial charge in [0.05, 0.1) is 0 Å². The van der Waals surface area contributed by atoms with Gasteiger partial charge in [-0.15, -0.1) is 0 Å². The third kappa shape index (κ3) is 3.11. The van der Waals surface area contributed by atoms with Gasteiger partial charge in [-0.3, -0.25) is 0 Å². The van der Waals surface area contributed by atoms with Gasteiger partial charge >= 0.3 is 0 Å². The van der Waals surface area contributed by atoms with Crippen molar-refractivity contribution in [2.45, 2.75) is 13.1 Å². The van der Waals surface area contributed by atoms with Crippen molar-refractivity contribution in [3.05, 3.63) is 35.9 Å². The first-order chi connectivity index (χ1) is 6.61. The highest BCUT2D eigenvalue weighted by molar-refractivity contribution is 5.17. The lowest BCUT2D eigenvalue weighted by Crippen LogP contribution is -2.22. The molecule has 0 fully saturated rings. The number of rotatable bonds is 4. The van der Waals surface area contributed by atoms with Gasteiger partial charge in [-0.2, -0.15) is 0 Å². The molecular formula is C12H18FN. The van der Waals surface area contributed by atoms with E-state index in [9.17, 15) is 4.39 Å². The Balaban J connectivity index is 2.61. The van der Waals surface area contributed by atoms with Crippen LogP contribution in [-0.4, -0.2) is 25.5 Å². The number of halogens is 1. The second-order valence-electron chi connectivity index (χ2n) is 4.05. The minimum Gasteiger partial charge on any atom is -0.309 e. The molecule has 1 rings (SSSR count). The minimum absolute atomic E-state index is 0.0346. The lowest BCUT2D eigenvalue weighted by Gasteiger charge is -2.20. The van der Waals surface area contributed by atoms with Gasteiger partial charge in [-0.05, 0) is 19.7 Å². The van der Waals surface area contributed by atoms with Crippen LogP contribution in [0.5, 0.6) is 0 Å². The van der Waals surface area contributed by atoms with Gasteiger partial charge in [-0.25, -0.2) is 4.39 Å². The molecule has 0 aromatic heterocycles. The average molecular weight is 195 g/mol. The van der Waals surface area contributed by atoms with Crippen molar-refractivity contribution in [2.24, 2.45) is 5.92 Å². The summed E-state index contributed by atoms with van der Waals surface area (Å²) in [5.41, 5.74) is 0.779. The zero-order chi connectivity index (χ0) is 10.6. The van der Waals surface area contributed by atoms with Crippen LogP contribution in [0.1, 0.15) is 18.7 Å². The Morgan fingerprint density at radius 2 is 1.79 bits per heavy atom. The molecule has 0 amide bonds. The smallest absolute Gasteiger partial charge is 0.129 e. The van der Waals surface area contributed by atoms with E-state index in [1.165, 1.54) is 0 Å². The molecule has 0 saturated heterocycles. The van der Waals surface area contributed by atoms with Crippen molar-refractivity contribution in [1.82, 2.24) is 4.90 Å². The predicted molar refractivity (Wildman–Crippen MR) is 58.0 cm³/mol. The number of hydrogen-bond donors (Lipinski definition) is 0. The van der Waals surface area contributed by atoms with Crippen LogP contribution in [0.4, 0.5) is 4.39 Å². The Bertz CT molecular complexity index is 258. The first-order valence-electron chi connectivity index (χ1n) is 4.95. The average Bonchev–Trinajstić information content (AvgIpc) is 2.17. The molecule has 0 saturated carbocycles. The Morgan fingerprint density at radius 3 is 2.29 bits per heavy atom. The van der Waals surface area contributed by atoms with Gasteiger partial charge in [0.15, 0.2) is 0 Å². The molecule has 1 aromatic rings. The molecule has 0 aliphatic rings. The maximum absolute atomic E-state index is 13.9. The van der Waals surface area contributed by atoms with Crippen molar-refractivity contribution < 1.29 is 4.39 Å². The molecule has 0 N–H and O–H groups in total. The van der Waals surface area contributed by atoms with Crippen LogP contribution in [0.2, 0.25) is 0 Å². The Hall–Kier alpha value is -0.890. The Morgan fingerprint density at radius 1 is 1.21 bits per heavy atom. The molecule has 0 spiro atoms. The molecule has 1 aromatic carbocycles. The summed E-state index contributed by atoms with van der Waals surface area (Å²) in [7, 11) is 3.93. The predicted octanol–water partition coefficient (Wildman–Crippen LogP) is 2.89. The van der Waals surface area contributed by atoms with Crippen molar-refractivity contribution in [3.8, 4) is 0 Å². The normalized spacial score (nSPS) is 15.5. The largest absolute Gasteiger partial charge is 0.309 e. The number of benzene rings is 1. The molecule has 0 unspecified atom stereocenters. The lowest BCUT2D eigenvalue weighted by atomic mass is 9.98. The van der Waals surface area contributed by atoms with Crippen LogP contribution in [0.25, 0.3) is 0 Å². The van der Waals surface area contributed by atoms with Crippen LogP contribution in [0, 0.1) is 5.92 Å². The highest BCUT2D eigenvalue weighted by Crippen LogP contribution is 2.25. The van der Waals surface area contributed by atoms with Gasteiger partial charge < -0.3 is 4.90 Å². The van der Waals surface area contributed by atoms with E-state index >= 15 is 0 Å². The van der Waals surface area contributed by atoms with Gasteiger partial charge in [0.25, 0.3) is 0 Å². The van der Waals surface area contributed by atoms with E-state index in [0.717, 1.165) is 12.1 Å². The molecule has 0 aliphatic carbocycles. The summed E-state index contributed by atoms with van der Waals surface area (Å²) in [4.78, 5) is 2.01. The van der Waals surface area contributed by atoms with E-state index in [1.54, 1.807) is 0 Å². The summed E-state index contributed by atoms with van der Waals surface area (Å²) < 4.78 is 13.9. The first kappa shape index (κ1) is 11.2. The number of nitrogens with zero attached hydrogens (tertiary/aromatic N) is 1. The summed E-state index contributed by atoms with van der Waals surface area (Å²) in [6.45, 7) is 2.72. The monoisotopic (exact) mass is 195 g/mol.